The molecule has 2 fully saturated rings. The quantitative estimate of drug-likeness (QED) is 0.687. The second-order valence-electron chi connectivity index (χ2n) is 4.47. The summed E-state index contributed by atoms with van der Waals surface area (Å²) in [7, 11) is 0. The molecule has 1 heterocycles. The molecule has 0 aromatic heterocycles. The number of aliphatic hydroxyl groups excluding tert-OH is 1. The van der Waals surface area contributed by atoms with Crippen LogP contribution in [0, 0.1) is 5.92 Å². The second kappa shape index (κ2) is 3.35. The summed E-state index contributed by atoms with van der Waals surface area (Å²) in [5, 5.41) is 9.16. The van der Waals surface area contributed by atoms with Crippen molar-refractivity contribution in [3.63, 3.8) is 0 Å². The summed E-state index contributed by atoms with van der Waals surface area (Å²) in [6.45, 7) is 4.30. The van der Waals surface area contributed by atoms with Gasteiger partial charge in [-0.2, -0.15) is 0 Å². The van der Waals surface area contributed by atoms with E-state index in [-0.39, 0.29) is 6.10 Å². The minimum absolute atomic E-state index is 0.121. The molecule has 2 rings (SSSR count). The summed E-state index contributed by atoms with van der Waals surface area (Å²) in [6.07, 6.45) is 5.12. The summed E-state index contributed by atoms with van der Waals surface area (Å²) in [6, 6.07) is 0.869. The number of hydrogen-bond donors (Lipinski definition) is 1. The van der Waals surface area contributed by atoms with E-state index in [0.717, 1.165) is 24.9 Å². The number of rotatable bonds is 3. The largest absolute Gasteiger partial charge is 0.393 e. The van der Waals surface area contributed by atoms with Gasteiger partial charge in [-0.15, -0.1) is 0 Å². The van der Waals surface area contributed by atoms with Crippen LogP contribution in [0.1, 0.15) is 32.6 Å². The Morgan fingerprint density at radius 3 is 2.83 bits per heavy atom. The van der Waals surface area contributed by atoms with E-state index in [9.17, 15) is 0 Å². The van der Waals surface area contributed by atoms with Gasteiger partial charge in [0.15, 0.2) is 0 Å². The van der Waals surface area contributed by atoms with Crippen molar-refractivity contribution in [2.24, 2.45) is 5.92 Å². The molecule has 3 unspecified atom stereocenters. The van der Waals surface area contributed by atoms with Gasteiger partial charge in [0, 0.05) is 19.1 Å². The third-order valence-corrected chi connectivity index (χ3v) is 3.36. The molecule has 1 saturated carbocycles. The normalized spacial score (nSPS) is 37.5. The van der Waals surface area contributed by atoms with Crippen LogP contribution in [0.25, 0.3) is 0 Å². The fraction of sp³-hybridized carbons (Fsp3) is 1.00. The molecule has 2 heteroatoms. The summed E-state index contributed by atoms with van der Waals surface area (Å²) >= 11 is 0. The fourth-order valence-electron chi connectivity index (χ4n) is 2.65. The van der Waals surface area contributed by atoms with Gasteiger partial charge in [0.2, 0.25) is 0 Å². The number of nitrogens with zero attached hydrogens (tertiary/aromatic N) is 1. The first kappa shape index (κ1) is 8.52. The molecule has 1 N–H and O–H groups in total. The smallest absolute Gasteiger partial charge is 0.0524 e. The SMILES string of the molecule is CC(O)CCN1CC2CCC1C2. The number of aliphatic hydroxyl groups is 1. The van der Waals surface area contributed by atoms with Crippen LogP contribution in [-0.2, 0) is 0 Å². The molecule has 0 aromatic carbocycles. The number of fused-ring (bicyclic) bond motifs is 2. The predicted molar refractivity (Wildman–Crippen MR) is 49.0 cm³/mol. The first-order valence-electron chi connectivity index (χ1n) is 5.18. The van der Waals surface area contributed by atoms with Gasteiger partial charge in [0.25, 0.3) is 0 Å². The van der Waals surface area contributed by atoms with Gasteiger partial charge in [0.05, 0.1) is 6.10 Å². The summed E-state index contributed by atoms with van der Waals surface area (Å²) in [5.41, 5.74) is 0. The molecule has 2 nitrogen and oxygen atoms in total. The van der Waals surface area contributed by atoms with Gasteiger partial charge in [-0.1, -0.05) is 0 Å². The van der Waals surface area contributed by atoms with Gasteiger partial charge in [0.1, 0.15) is 0 Å². The third-order valence-electron chi connectivity index (χ3n) is 3.36. The van der Waals surface area contributed by atoms with Gasteiger partial charge >= 0.3 is 0 Å². The maximum atomic E-state index is 9.16. The maximum Gasteiger partial charge on any atom is 0.0524 e. The van der Waals surface area contributed by atoms with Crippen molar-refractivity contribution in [3.05, 3.63) is 0 Å². The van der Waals surface area contributed by atoms with Crippen LogP contribution < -0.4 is 0 Å². The lowest BCUT2D eigenvalue weighted by Crippen LogP contribution is -2.34. The van der Waals surface area contributed by atoms with Gasteiger partial charge < -0.3 is 10.0 Å². The monoisotopic (exact) mass is 169 g/mol. The minimum Gasteiger partial charge on any atom is -0.393 e. The van der Waals surface area contributed by atoms with E-state index in [1.807, 2.05) is 6.92 Å². The molecule has 2 bridgehead atoms. The third kappa shape index (κ3) is 1.64. The van der Waals surface area contributed by atoms with Crippen LogP contribution in [-0.4, -0.2) is 35.2 Å². The van der Waals surface area contributed by atoms with Gasteiger partial charge in [-0.25, -0.2) is 0 Å². The predicted octanol–water partition coefficient (Wildman–Crippen LogP) is 1.24. The average Bonchev–Trinajstić information content (AvgIpc) is 2.60. The number of likely N-dealkylation sites (tertiary alicyclic amines) is 1. The molecule has 1 saturated heterocycles. The number of piperidine rings is 1. The molecule has 70 valence electrons. The molecule has 0 spiro atoms. The van der Waals surface area contributed by atoms with Crippen LogP contribution in [0.4, 0.5) is 0 Å². The van der Waals surface area contributed by atoms with E-state index in [0.29, 0.717) is 0 Å². The highest BCUT2D eigenvalue weighted by Gasteiger charge is 2.37. The van der Waals surface area contributed by atoms with Crippen LogP contribution >= 0.6 is 0 Å². The molecule has 0 aromatic rings. The molecule has 0 amide bonds. The van der Waals surface area contributed by atoms with Crippen molar-refractivity contribution in [1.82, 2.24) is 4.90 Å². The molecule has 12 heavy (non-hydrogen) atoms. The van der Waals surface area contributed by atoms with Crippen LogP contribution in [0.2, 0.25) is 0 Å². The van der Waals surface area contributed by atoms with Crippen molar-refractivity contribution in [2.75, 3.05) is 13.1 Å². The van der Waals surface area contributed by atoms with Crippen molar-refractivity contribution >= 4 is 0 Å². The summed E-state index contributed by atoms with van der Waals surface area (Å²) in [5.74, 6) is 0.990. The zero-order valence-electron chi connectivity index (χ0n) is 7.87. The second-order valence-corrected chi connectivity index (χ2v) is 4.47. The average molecular weight is 169 g/mol. The summed E-state index contributed by atoms with van der Waals surface area (Å²) in [4.78, 5) is 2.57. The molecular formula is C10H19NO. The lowest BCUT2D eigenvalue weighted by molar-refractivity contribution is 0.141. The van der Waals surface area contributed by atoms with E-state index in [1.54, 1.807) is 0 Å². The van der Waals surface area contributed by atoms with Crippen LogP contribution in [0.5, 0.6) is 0 Å². The van der Waals surface area contributed by atoms with E-state index >= 15 is 0 Å². The Morgan fingerprint density at radius 1 is 1.50 bits per heavy atom. The van der Waals surface area contributed by atoms with E-state index in [4.69, 9.17) is 5.11 Å². The lowest BCUT2D eigenvalue weighted by atomic mass is 10.1. The highest BCUT2D eigenvalue weighted by molar-refractivity contribution is 4.91. The standard InChI is InChI=1S/C10H19NO/c1-8(12)4-5-11-7-9-2-3-10(11)6-9/h8-10,12H,2-7H2,1H3. The lowest BCUT2D eigenvalue weighted by Gasteiger charge is -2.26. The molecule has 0 radical (unpaired) electrons. The Hall–Kier alpha value is -0.0800. The molecular weight excluding hydrogens is 150 g/mol. The van der Waals surface area contributed by atoms with Gasteiger partial charge in [-0.3, -0.25) is 0 Å². The topological polar surface area (TPSA) is 23.5 Å². The maximum absolute atomic E-state index is 9.16. The van der Waals surface area contributed by atoms with Crippen molar-refractivity contribution < 1.29 is 5.11 Å². The summed E-state index contributed by atoms with van der Waals surface area (Å²) < 4.78 is 0. The first-order chi connectivity index (χ1) is 5.75. The minimum atomic E-state index is -0.121. The molecule has 1 aliphatic heterocycles. The highest BCUT2D eigenvalue weighted by atomic mass is 16.3. The van der Waals surface area contributed by atoms with E-state index < -0.39 is 0 Å². The number of hydrogen-bond acceptors (Lipinski definition) is 2. The highest BCUT2D eigenvalue weighted by Crippen LogP contribution is 2.37. The van der Waals surface area contributed by atoms with E-state index in [1.165, 1.54) is 25.8 Å². The Bertz CT molecular complexity index is 158. The molecule has 1 aliphatic carbocycles. The fourth-order valence-corrected chi connectivity index (χ4v) is 2.65. The van der Waals surface area contributed by atoms with Crippen molar-refractivity contribution in [2.45, 2.75) is 44.8 Å². The molecule has 2 aliphatic rings. The Morgan fingerprint density at radius 2 is 2.33 bits per heavy atom. The zero-order chi connectivity index (χ0) is 8.55. The van der Waals surface area contributed by atoms with E-state index in [2.05, 4.69) is 4.90 Å². The van der Waals surface area contributed by atoms with Crippen molar-refractivity contribution in [3.8, 4) is 0 Å². The van der Waals surface area contributed by atoms with Crippen molar-refractivity contribution in [1.29, 1.82) is 0 Å². The Labute approximate surface area is 74.6 Å². The zero-order valence-corrected chi connectivity index (χ0v) is 7.87. The Balaban J connectivity index is 1.76. The van der Waals surface area contributed by atoms with Crippen LogP contribution in [0.15, 0.2) is 0 Å². The van der Waals surface area contributed by atoms with Crippen LogP contribution in [0.3, 0.4) is 0 Å². The Kier molecular flexibility index (Phi) is 2.37. The first-order valence-corrected chi connectivity index (χ1v) is 5.18. The van der Waals surface area contributed by atoms with Gasteiger partial charge in [-0.05, 0) is 38.5 Å². The molecule has 3 atom stereocenters.